The van der Waals surface area contributed by atoms with Crippen molar-refractivity contribution in [3.63, 3.8) is 0 Å². The third-order valence-electron chi connectivity index (χ3n) is 3.84. The lowest BCUT2D eigenvalue weighted by atomic mass is 9.91. The molecule has 110 valence electrons. The molecule has 4 heteroatoms. The van der Waals surface area contributed by atoms with E-state index in [-0.39, 0.29) is 11.9 Å². The molecule has 4 N–H and O–H groups in total. The summed E-state index contributed by atoms with van der Waals surface area (Å²) in [7, 11) is 0. The van der Waals surface area contributed by atoms with Crippen LogP contribution in [0.3, 0.4) is 0 Å². The zero-order chi connectivity index (χ0) is 14.4. The average Bonchev–Trinajstić information content (AvgIpc) is 2.42. The van der Waals surface area contributed by atoms with E-state index in [9.17, 15) is 4.79 Å². The van der Waals surface area contributed by atoms with Gasteiger partial charge in [0.05, 0.1) is 0 Å². The molecule has 0 saturated heterocycles. The molecule has 4 nitrogen and oxygen atoms in total. The van der Waals surface area contributed by atoms with Gasteiger partial charge in [-0.05, 0) is 44.7 Å². The summed E-state index contributed by atoms with van der Waals surface area (Å²) in [6, 6.07) is 10.6. The minimum absolute atomic E-state index is 0.0590. The summed E-state index contributed by atoms with van der Waals surface area (Å²) in [5.41, 5.74) is 6.76. The summed E-state index contributed by atoms with van der Waals surface area (Å²) in [6.45, 7) is 2.07. The standard InChI is InChI=1S/C16H25N3O/c1-12(18-15-9-7-13(17)8-10-15)11-16(20)19-14-5-3-2-4-6-14/h2-6,12-13,15,18H,7-11,17H2,1H3,(H,19,20). The molecule has 2 rings (SSSR count). The number of hydrogen-bond donors (Lipinski definition) is 3. The Hall–Kier alpha value is -1.39. The number of carbonyl (C=O) groups excluding carboxylic acids is 1. The number of benzene rings is 1. The highest BCUT2D eigenvalue weighted by Crippen LogP contribution is 2.17. The summed E-state index contributed by atoms with van der Waals surface area (Å²) < 4.78 is 0. The first-order valence-electron chi connectivity index (χ1n) is 7.50. The second kappa shape index (κ2) is 7.41. The van der Waals surface area contributed by atoms with Crippen LogP contribution < -0.4 is 16.4 Å². The summed E-state index contributed by atoms with van der Waals surface area (Å²) in [6.07, 6.45) is 4.90. The van der Waals surface area contributed by atoms with E-state index in [1.54, 1.807) is 0 Å². The third-order valence-corrected chi connectivity index (χ3v) is 3.84. The number of hydrogen-bond acceptors (Lipinski definition) is 3. The van der Waals surface area contributed by atoms with Crippen molar-refractivity contribution in [1.82, 2.24) is 5.32 Å². The highest BCUT2D eigenvalue weighted by molar-refractivity contribution is 5.90. The average molecular weight is 275 g/mol. The maximum Gasteiger partial charge on any atom is 0.225 e. The molecule has 1 aromatic carbocycles. The molecular weight excluding hydrogens is 250 g/mol. The van der Waals surface area contributed by atoms with E-state index >= 15 is 0 Å². The molecule has 0 heterocycles. The SMILES string of the molecule is CC(CC(=O)Nc1ccccc1)NC1CCC(N)CC1. The van der Waals surface area contributed by atoms with Crippen molar-refractivity contribution in [2.75, 3.05) is 5.32 Å². The molecule has 0 aromatic heterocycles. The topological polar surface area (TPSA) is 67.2 Å². The molecule has 1 amide bonds. The van der Waals surface area contributed by atoms with Gasteiger partial charge in [-0.3, -0.25) is 4.79 Å². The number of carbonyl (C=O) groups is 1. The fourth-order valence-electron chi connectivity index (χ4n) is 2.76. The van der Waals surface area contributed by atoms with Gasteiger partial charge >= 0.3 is 0 Å². The van der Waals surface area contributed by atoms with Crippen LogP contribution in [0.5, 0.6) is 0 Å². The predicted molar refractivity (Wildman–Crippen MR) is 82.5 cm³/mol. The van der Waals surface area contributed by atoms with Crippen LogP contribution in [-0.2, 0) is 4.79 Å². The molecule has 0 bridgehead atoms. The Morgan fingerprint density at radius 3 is 2.55 bits per heavy atom. The van der Waals surface area contributed by atoms with Gasteiger partial charge in [-0.2, -0.15) is 0 Å². The Bertz CT molecular complexity index is 413. The van der Waals surface area contributed by atoms with E-state index in [1.165, 1.54) is 0 Å². The zero-order valence-corrected chi connectivity index (χ0v) is 12.1. The molecule has 1 aromatic rings. The molecule has 0 aliphatic heterocycles. The minimum atomic E-state index is 0.0590. The number of nitrogens with one attached hydrogen (secondary N) is 2. The van der Waals surface area contributed by atoms with Crippen molar-refractivity contribution in [2.45, 2.75) is 57.2 Å². The van der Waals surface area contributed by atoms with E-state index in [1.807, 2.05) is 30.3 Å². The summed E-state index contributed by atoms with van der Waals surface area (Å²) in [5, 5.41) is 6.46. The monoisotopic (exact) mass is 275 g/mol. The number of anilines is 1. The number of rotatable bonds is 5. The fraction of sp³-hybridized carbons (Fsp3) is 0.562. The second-order valence-electron chi connectivity index (χ2n) is 5.80. The number of nitrogens with two attached hydrogens (primary N) is 1. The number of para-hydroxylation sites is 1. The zero-order valence-electron chi connectivity index (χ0n) is 12.1. The lowest BCUT2D eigenvalue weighted by Gasteiger charge is -2.29. The largest absolute Gasteiger partial charge is 0.328 e. The van der Waals surface area contributed by atoms with Gasteiger partial charge in [0.2, 0.25) is 5.91 Å². The Labute approximate surface area is 121 Å². The second-order valence-corrected chi connectivity index (χ2v) is 5.80. The first-order valence-corrected chi connectivity index (χ1v) is 7.50. The Morgan fingerprint density at radius 1 is 1.25 bits per heavy atom. The van der Waals surface area contributed by atoms with Gasteiger partial charge in [0.25, 0.3) is 0 Å². The van der Waals surface area contributed by atoms with Crippen molar-refractivity contribution in [3.8, 4) is 0 Å². The van der Waals surface area contributed by atoms with Crippen LogP contribution in [0.4, 0.5) is 5.69 Å². The third kappa shape index (κ3) is 4.94. The maximum atomic E-state index is 11.9. The van der Waals surface area contributed by atoms with E-state index in [0.29, 0.717) is 18.5 Å². The molecule has 20 heavy (non-hydrogen) atoms. The molecule has 1 fully saturated rings. The highest BCUT2D eigenvalue weighted by Gasteiger charge is 2.20. The van der Waals surface area contributed by atoms with Crippen molar-refractivity contribution >= 4 is 11.6 Å². The van der Waals surface area contributed by atoms with Gasteiger partial charge in [-0.25, -0.2) is 0 Å². The Morgan fingerprint density at radius 2 is 1.90 bits per heavy atom. The van der Waals surface area contributed by atoms with Crippen LogP contribution in [0, 0.1) is 0 Å². The van der Waals surface area contributed by atoms with Crippen molar-refractivity contribution in [1.29, 1.82) is 0 Å². The first kappa shape index (κ1) is 15.0. The van der Waals surface area contributed by atoms with Crippen LogP contribution in [0.15, 0.2) is 30.3 Å². The van der Waals surface area contributed by atoms with Gasteiger partial charge < -0.3 is 16.4 Å². The van der Waals surface area contributed by atoms with Crippen LogP contribution in [-0.4, -0.2) is 24.0 Å². The van der Waals surface area contributed by atoms with Crippen LogP contribution >= 0.6 is 0 Å². The first-order chi connectivity index (χ1) is 9.63. The smallest absolute Gasteiger partial charge is 0.225 e. The molecular formula is C16H25N3O. The van der Waals surface area contributed by atoms with Crippen LogP contribution in [0.1, 0.15) is 39.0 Å². The van der Waals surface area contributed by atoms with Gasteiger partial charge in [-0.1, -0.05) is 18.2 Å². The Kier molecular flexibility index (Phi) is 5.56. The number of amides is 1. The molecule has 0 radical (unpaired) electrons. The van der Waals surface area contributed by atoms with E-state index in [2.05, 4.69) is 17.6 Å². The van der Waals surface area contributed by atoms with Crippen molar-refractivity contribution in [3.05, 3.63) is 30.3 Å². The maximum absolute atomic E-state index is 11.9. The van der Waals surface area contributed by atoms with E-state index in [4.69, 9.17) is 5.73 Å². The summed E-state index contributed by atoms with van der Waals surface area (Å²) in [4.78, 5) is 11.9. The van der Waals surface area contributed by atoms with Crippen LogP contribution in [0.2, 0.25) is 0 Å². The Balaban J connectivity index is 1.71. The van der Waals surface area contributed by atoms with E-state index in [0.717, 1.165) is 31.4 Å². The lowest BCUT2D eigenvalue weighted by molar-refractivity contribution is -0.116. The minimum Gasteiger partial charge on any atom is -0.328 e. The highest BCUT2D eigenvalue weighted by atomic mass is 16.1. The lowest BCUT2D eigenvalue weighted by Crippen LogP contribution is -2.42. The fourth-order valence-corrected chi connectivity index (χ4v) is 2.76. The molecule has 1 aliphatic carbocycles. The quantitative estimate of drug-likeness (QED) is 0.772. The van der Waals surface area contributed by atoms with Crippen molar-refractivity contribution in [2.24, 2.45) is 5.73 Å². The summed E-state index contributed by atoms with van der Waals surface area (Å²) >= 11 is 0. The molecule has 1 atom stereocenters. The predicted octanol–water partition coefficient (Wildman–Crippen LogP) is 2.26. The van der Waals surface area contributed by atoms with Crippen molar-refractivity contribution < 1.29 is 4.79 Å². The molecule has 1 saturated carbocycles. The van der Waals surface area contributed by atoms with Gasteiger partial charge in [-0.15, -0.1) is 0 Å². The van der Waals surface area contributed by atoms with Gasteiger partial charge in [0.15, 0.2) is 0 Å². The molecule has 1 unspecified atom stereocenters. The normalized spacial score (nSPS) is 24.1. The molecule has 1 aliphatic rings. The van der Waals surface area contributed by atoms with E-state index < -0.39 is 0 Å². The molecule has 0 spiro atoms. The van der Waals surface area contributed by atoms with Gasteiger partial charge in [0, 0.05) is 30.2 Å². The summed E-state index contributed by atoms with van der Waals surface area (Å²) in [5.74, 6) is 0.0590. The van der Waals surface area contributed by atoms with Gasteiger partial charge in [0.1, 0.15) is 0 Å². The van der Waals surface area contributed by atoms with Crippen LogP contribution in [0.25, 0.3) is 0 Å².